The van der Waals surface area contributed by atoms with E-state index in [2.05, 4.69) is 42.4 Å². The van der Waals surface area contributed by atoms with Crippen molar-refractivity contribution in [3.8, 4) is 11.5 Å². The van der Waals surface area contributed by atoms with E-state index < -0.39 is 30.6 Å². The Labute approximate surface area is 255 Å². The van der Waals surface area contributed by atoms with Gasteiger partial charge in [0.05, 0.1) is 15.5 Å². The lowest BCUT2D eigenvalue weighted by Gasteiger charge is -2.14. The normalized spacial score (nSPS) is 12.0. The van der Waals surface area contributed by atoms with Crippen molar-refractivity contribution in [1.82, 2.24) is 15.0 Å². The van der Waals surface area contributed by atoms with E-state index >= 15 is 0 Å². The molecule has 0 saturated carbocycles. The maximum atomic E-state index is 12.0. The van der Waals surface area contributed by atoms with Gasteiger partial charge in [0.25, 0.3) is 10.1 Å². The Morgan fingerprint density at radius 2 is 1.45 bits per heavy atom. The van der Waals surface area contributed by atoms with Gasteiger partial charge in [0, 0.05) is 16.5 Å². The van der Waals surface area contributed by atoms with Crippen LogP contribution >= 0.6 is 11.6 Å². The van der Waals surface area contributed by atoms with E-state index in [1.165, 1.54) is 48.5 Å². The second kappa shape index (κ2) is 11.8. The van der Waals surface area contributed by atoms with Crippen LogP contribution in [0.15, 0.2) is 105 Å². The van der Waals surface area contributed by atoms with E-state index in [9.17, 15) is 31.6 Å². The van der Waals surface area contributed by atoms with Crippen molar-refractivity contribution in [2.45, 2.75) is 9.79 Å². The summed E-state index contributed by atoms with van der Waals surface area (Å²) in [6.07, 6.45) is 0. The first-order valence-electron chi connectivity index (χ1n) is 12.2. The van der Waals surface area contributed by atoms with E-state index in [-0.39, 0.29) is 55.7 Å². The van der Waals surface area contributed by atoms with Crippen LogP contribution in [0.1, 0.15) is 0 Å². The number of nitrogens with zero attached hydrogens (tertiary/aromatic N) is 5. The number of para-hydroxylation sites is 1. The monoisotopic (exact) mass is 653 g/mol. The second-order valence-electron chi connectivity index (χ2n) is 8.90. The Bertz CT molecular complexity index is 2180. The van der Waals surface area contributed by atoms with Gasteiger partial charge in [0.15, 0.2) is 15.6 Å². The molecule has 0 radical (unpaired) electrons. The summed E-state index contributed by atoms with van der Waals surface area (Å²) in [4.78, 5) is 11.7. The fourth-order valence-electron chi connectivity index (χ4n) is 3.93. The molecular weight excluding hydrogens is 634 g/mol. The van der Waals surface area contributed by atoms with Crippen molar-refractivity contribution in [2.75, 3.05) is 10.6 Å². The molecule has 14 nitrogen and oxygen atoms in total. The van der Waals surface area contributed by atoms with Gasteiger partial charge in [-0.25, -0.2) is 8.42 Å². The van der Waals surface area contributed by atoms with Crippen molar-refractivity contribution in [3.05, 3.63) is 90.1 Å². The van der Waals surface area contributed by atoms with Gasteiger partial charge in [-0.05, 0) is 71.6 Å². The number of benzene rings is 4. The third-order valence-electron chi connectivity index (χ3n) is 6.00. The van der Waals surface area contributed by atoms with Gasteiger partial charge in [-0.15, -0.1) is 10.2 Å². The van der Waals surface area contributed by atoms with E-state index in [0.717, 1.165) is 17.5 Å². The highest BCUT2D eigenvalue weighted by Gasteiger charge is 2.19. The van der Waals surface area contributed by atoms with Crippen molar-refractivity contribution < 1.29 is 31.6 Å². The molecule has 224 valence electrons. The smallest absolute Gasteiger partial charge is 0.294 e. The largest absolute Gasteiger partial charge is 0.506 e. The number of anilines is 4. The van der Waals surface area contributed by atoms with E-state index in [0.29, 0.717) is 5.69 Å². The third kappa shape index (κ3) is 6.57. The van der Waals surface area contributed by atoms with Crippen LogP contribution in [-0.2, 0) is 20.0 Å². The lowest BCUT2D eigenvalue weighted by atomic mass is 10.1. The number of halogens is 1. The molecule has 5 aromatic rings. The number of fused-ring (bicyclic) bond motifs is 1. The van der Waals surface area contributed by atoms with E-state index in [1.54, 1.807) is 12.1 Å². The minimum atomic E-state index is -4.69. The molecule has 0 aliphatic heterocycles. The summed E-state index contributed by atoms with van der Waals surface area (Å²) >= 11 is 6.11. The summed E-state index contributed by atoms with van der Waals surface area (Å²) in [5.41, 5.74) is 0.460. The first kappa shape index (κ1) is 30.3. The van der Waals surface area contributed by atoms with E-state index in [4.69, 9.17) is 11.6 Å². The van der Waals surface area contributed by atoms with E-state index in [1.807, 2.05) is 0 Å². The van der Waals surface area contributed by atoms with Crippen LogP contribution in [0.5, 0.6) is 11.5 Å². The molecular formula is C27H20ClN7O7S2. The molecule has 17 heteroatoms. The lowest BCUT2D eigenvalue weighted by Crippen LogP contribution is -2.06. The molecule has 0 aliphatic rings. The van der Waals surface area contributed by atoms with Gasteiger partial charge in [0.2, 0.25) is 17.2 Å². The van der Waals surface area contributed by atoms with Crippen molar-refractivity contribution in [1.29, 1.82) is 0 Å². The molecule has 4 aromatic carbocycles. The number of aromatic hydroxyl groups is 2. The summed E-state index contributed by atoms with van der Waals surface area (Å²) in [6, 6.07) is 16.8. The minimum Gasteiger partial charge on any atom is -0.506 e. The maximum Gasteiger partial charge on any atom is 0.294 e. The number of aromatic nitrogens is 3. The topological polar surface area (TPSA) is 216 Å². The van der Waals surface area contributed by atoms with Crippen LogP contribution in [0.3, 0.4) is 0 Å². The van der Waals surface area contributed by atoms with Gasteiger partial charge in [0.1, 0.15) is 17.1 Å². The zero-order valence-electron chi connectivity index (χ0n) is 22.1. The molecule has 0 bridgehead atoms. The number of phenols is 2. The zero-order valence-corrected chi connectivity index (χ0v) is 24.5. The predicted octanol–water partition coefficient (Wildman–Crippen LogP) is 6.16. The van der Waals surface area contributed by atoms with Crippen LogP contribution < -0.4 is 10.6 Å². The van der Waals surface area contributed by atoms with Crippen LogP contribution in [0.2, 0.25) is 5.28 Å². The van der Waals surface area contributed by atoms with Crippen molar-refractivity contribution in [3.63, 3.8) is 0 Å². The molecule has 1 aromatic heterocycles. The first-order valence-corrected chi connectivity index (χ1v) is 15.6. The zero-order chi connectivity index (χ0) is 31.6. The SMILES string of the molecule is C=CS(=O)(=O)c1ccc(Nc2nc(Cl)nc(Nc3cc(S(=O)(=O)O)cc4ccc(N=Nc5ccccc5O)c(O)c34)n2)cc1. The number of hydrogen-bond donors (Lipinski definition) is 5. The Morgan fingerprint density at radius 3 is 2.11 bits per heavy atom. The Hall–Kier alpha value is -5.16. The number of rotatable bonds is 9. The van der Waals surface area contributed by atoms with Crippen LogP contribution in [0.25, 0.3) is 10.8 Å². The van der Waals surface area contributed by atoms with Gasteiger partial charge in [-0.3, -0.25) is 4.55 Å². The second-order valence-corrected chi connectivity index (χ2v) is 12.6. The lowest BCUT2D eigenvalue weighted by molar-refractivity contribution is 0.475. The summed E-state index contributed by atoms with van der Waals surface area (Å²) in [5.74, 6) is -0.805. The molecule has 0 atom stereocenters. The number of hydrogen-bond acceptors (Lipinski definition) is 13. The van der Waals surface area contributed by atoms with Crippen molar-refractivity contribution in [2.24, 2.45) is 10.2 Å². The van der Waals surface area contributed by atoms with Crippen LogP contribution in [-0.4, -0.2) is 46.6 Å². The third-order valence-corrected chi connectivity index (χ3v) is 8.37. The molecule has 0 saturated heterocycles. The highest BCUT2D eigenvalue weighted by molar-refractivity contribution is 7.94. The molecule has 44 heavy (non-hydrogen) atoms. The van der Waals surface area contributed by atoms with Gasteiger partial charge in [-0.2, -0.15) is 23.4 Å². The molecule has 0 fully saturated rings. The molecule has 0 amide bonds. The summed E-state index contributed by atoms with van der Waals surface area (Å²) < 4.78 is 57.8. The van der Waals surface area contributed by atoms with Crippen LogP contribution in [0, 0.1) is 0 Å². The highest BCUT2D eigenvalue weighted by Crippen LogP contribution is 2.42. The Balaban J connectivity index is 1.54. The molecule has 5 rings (SSSR count). The number of nitrogens with one attached hydrogen (secondary N) is 2. The fourth-order valence-corrected chi connectivity index (χ4v) is 5.34. The minimum absolute atomic E-state index is 0.0265. The molecule has 1 heterocycles. The quantitative estimate of drug-likeness (QED) is 0.0893. The Morgan fingerprint density at radius 1 is 0.795 bits per heavy atom. The molecule has 0 spiro atoms. The number of phenolic OH excluding ortho intramolecular Hbond substituents is 2. The van der Waals surface area contributed by atoms with Gasteiger partial charge in [-0.1, -0.05) is 24.8 Å². The summed E-state index contributed by atoms with van der Waals surface area (Å²) in [6.45, 7) is 3.29. The fraction of sp³-hybridized carbons (Fsp3) is 0. The highest BCUT2D eigenvalue weighted by atomic mass is 35.5. The molecule has 5 N–H and O–H groups in total. The number of azo groups is 1. The number of sulfone groups is 1. The maximum absolute atomic E-state index is 12.0. The average molecular weight is 654 g/mol. The average Bonchev–Trinajstić information content (AvgIpc) is 2.97. The van der Waals surface area contributed by atoms with Gasteiger partial charge < -0.3 is 20.8 Å². The summed E-state index contributed by atoms with van der Waals surface area (Å²) in [7, 11) is -8.32. The predicted molar refractivity (Wildman–Crippen MR) is 163 cm³/mol. The Kier molecular flexibility index (Phi) is 8.16. The van der Waals surface area contributed by atoms with Crippen LogP contribution in [0.4, 0.5) is 34.6 Å². The first-order chi connectivity index (χ1) is 20.8. The van der Waals surface area contributed by atoms with Gasteiger partial charge >= 0.3 is 0 Å². The molecule has 0 unspecified atom stereocenters. The van der Waals surface area contributed by atoms with Crippen molar-refractivity contribution >= 4 is 77.0 Å². The molecule has 0 aliphatic carbocycles. The standard InChI is InChI=1S/C27H20ClN7O7S2/c1-2-43(38,39)17-10-8-16(9-11-17)29-26-31-25(28)32-27(33-26)30-21-14-18(44(40,41)42)13-15-7-12-20(24(37)23(15)21)35-34-19-5-3-4-6-22(19)36/h2-14,36-37H,1H2,(H,40,41,42)(H2,29,30,31,32,33). The summed E-state index contributed by atoms with van der Waals surface area (Å²) in [5, 5.41) is 35.5.